The molecule has 0 amide bonds. The molecule has 322 valence electrons. The van der Waals surface area contributed by atoms with Crippen molar-refractivity contribution in [3.63, 3.8) is 0 Å². The van der Waals surface area contributed by atoms with Gasteiger partial charge < -0.3 is 24.6 Å². The van der Waals surface area contributed by atoms with E-state index in [4.69, 9.17) is 19.1 Å². The summed E-state index contributed by atoms with van der Waals surface area (Å²) >= 11 is 0. The fourth-order valence-corrected chi connectivity index (χ4v) is 6.62. The summed E-state index contributed by atoms with van der Waals surface area (Å²) in [5.41, 5.74) is 0. The molecule has 0 aliphatic heterocycles. The summed E-state index contributed by atoms with van der Waals surface area (Å²) in [6.45, 7) is 2.32. The normalized spacial score (nSPS) is 14.2. The summed E-state index contributed by atoms with van der Waals surface area (Å²) in [5, 5.41) is 18.3. The number of unbranched alkanes of at least 4 members (excludes halogenated alkanes) is 21. The van der Waals surface area contributed by atoms with Gasteiger partial charge in [-0.1, -0.05) is 153 Å². The quantitative estimate of drug-likeness (QED) is 0.0236. The molecule has 11 heteroatoms. The first-order valence-corrected chi connectivity index (χ1v) is 23.4. The van der Waals surface area contributed by atoms with Crippen LogP contribution in [0.5, 0.6) is 0 Å². The summed E-state index contributed by atoms with van der Waals surface area (Å²) in [6.07, 6.45) is 41.0. The van der Waals surface area contributed by atoms with Gasteiger partial charge in [0.15, 0.2) is 6.10 Å². The molecule has 0 radical (unpaired) electrons. The Hall–Kier alpha value is -1.81. The van der Waals surface area contributed by atoms with E-state index in [0.29, 0.717) is 12.8 Å². The lowest BCUT2D eigenvalue weighted by Crippen LogP contribution is -2.29. The van der Waals surface area contributed by atoms with Crippen LogP contribution in [0.15, 0.2) is 36.5 Å². The van der Waals surface area contributed by atoms with E-state index >= 15 is 0 Å². The van der Waals surface area contributed by atoms with Gasteiger partial charge >= 0.3 is 19.8 Å². The van der Waals surface area contributed by atoms with Gasteiger partial charge in [-0.3, -0.25) is 18.6 Å². The number of esters is 2. The first-order chi connectivity index (χ1) is 26.7. The van der Waals surface area contributed by atoms with Crippen LogP contribution < -0.4 is 0 Å². The molecule has 0 saturated carbocycles. The van der Waals surface area contributed by atoms with Crippen LogP contribution in [-0.2, 0) is 32.7 Å². The molecule has 55 heavy (non-hydrogen) atoms. The molecule has 0 aromatic carbocycles. The van der Waals surface area contributed by atoms with Crippen molar-refractivity contribution in [2.75, 3.05) is 26.4 Å². The maximum atomic E-state index is 12.6. The second-order valence-corrected chi connectivity index (χ2v) is 16.2. The minimum absolute atomic E-state index is 0.175. The molecule has 0 aliphatic rings. The van der Waals surface area contributed by atoms with Crippen LogP contribution in [0.3, 0.4) is 0 Å². The molecule has 0 spiro atoms. The van der Waals surface area contributed by atoms with Gasteiger partial charge in [0.1, 0.15) is 12.7 Å². The summed E-state index contributed by atoms with van der Waals surface area (Å²) in [5.74, 6) is -0.934. The van der Waals surface area contributed by atoms with Gasteiger partial charge in [-0.2, -0.15) is 0 Å². The number of hydrogen-bond donors (Lipinski definition) is 3. The molecule has 0 aromatic rings. The van der Waals surface area contributed by atoms with Gasteiger partial charge in [0.05, 0.1) is 19.8 Å². The zero-order valence-corrected chi connectivity index (χ0v) is 35.8. The maximum absolute atomic E-state index is 12.6. The zero-order chi connectivity index (χ0) is 40.5. The van der Waals surface area contributed by atoms with Crippen molar-refractivity contribution in [1.29, 1.82) is 0 Å². The fourth-order valence-electron chi connectivity index (χ4n) is 5.83. The van der Waals surface area contributed by atoms with Crippen LogP contribution in [0.2, 0.25) is 0 Å². The van der Waals surface area contributed by atoms with Crippen LogP contribution in [0.4, 0.5) is 0 Å². The molecule has 0 saturated heterocycles. The number of rotatable bonds is 41. The van der Waals surface area contributed by atoms with E-state index < -0.39 is 51.8 Å². The Morgan fingerprint density at radius 1 is 0.545 bits per heavy atom. The number of hydrogen-bond acceptors (Lipinski definition) is 9. The Labute approximate surface area is 335 Å². The smallest absolute Gasteiger partial charge is 0.462 e. The predicted octanol–water partition coefficient (Wildman–Crippen LogP) is 11.6. The summed E-state index contributed by atoms with van der Waals surface area (Å²) in [4.78, 5) is 35.0. The lowest BCUT2D eigenvalue weighted by molar-refractivity contribution is -0.161. The molecule has 1 unspecified atom stereocenters. The number of phosphoric acid groups is 1. The average molecular weight is 801 g/mol. The Morgan fingerprint density at radius 2 is 0.964 bits per heavy atom. The molecular weight excluding hydrogens is 719 g/mol. The van der Waals surface area contributed by atoms with E-state index in [-0.39, 0.29) is 19.4 Å². The molecule has 0 aromatic heterocycles. The third kappa shape index (κ3) is 40.2. The highest BCUT2D eigenvalue weighted by Crippen LogP contribution is 2.43. The SMILES string of the molecule is CCCC/C=C/CCCCCCCCCCCC(=O)OC[C@H](COP(=O)(O)OC[C@@H](O)CO)OC(=O)CCCCCCCCC/C=C/C/C=C/CCCCC. The topological polar surface area (TPSA) is 149 Å². The van der Waals surface area contributed by atoms with Crippen molar-refractivity contribution in [2.45, 2.75) is 206 Å². The van der Waals surface area contributed by atoms with Gasteiger partial charge in [-0.25, -0.2) is 4.57 Å². The number of aliphatic hydroxyl groups excluding tert-OH is 2. The van der Waals surface area contributed by atoms with Crippen LogP contribution in [0, 0.1) is 0 Å². The average Bonchev–Trinajstić information content (AvgIpc) is 3.17. The number of phosphoric ester groups is 1. The number of ether oxygens (including phenoxy) is 2. The molecule has 0 heterocycles. The highest BCUT2D eigenvalue weighted by molar-refractivity contribution is 7.47. The number of carbonyl (C=O) groups excluding carboxylic acids is 2. The summed E-state index contributed by atoms with van der Waals surface area (Å²) in [7, 11) is -4.62. The third-order valence-corrected chi connectivity index (χ3v) is 10.2. The van der Waals surface area contributed by atoms with Gasteiger partial charge in [0, 0.05) is 12.8 Å². The zero-order valence-electron chi connectivity index (χ0n) is 34.9. The molecule has 0 fully saturated rings. The van der Waals surface area contributed by atoms with Crippen LogP contribution in [0.25, 0.3) is 0 Å². The predicted molar refractivity (Wildman–Crippen MR) is 224 cm³/mol. The maximum Gasteiger partial charge on any atom is 0.472 e. The molecule has 0 rings (SSSR count). The number of carbonyl (C=O) groups is 2. The minimum Gasteiger partial charge on any atom is -0.462 e. The molecule has 0 aliphatic carbocycles. The van der Waals surface area contributed by atoms with Gasteiger partial charge in [-0.15, -0.1) is 0 Å². The number of aliphatic hydroxyl groups is 2. The van der Waals surface area contributed by atoms with Crippen molar-refractivity contribution in [2.24, 2.45) is 0 Å². The lowest BCUT2D eigenvalue weighted by Gasteiger charge is -2.20. The minimum atomic E-state index is -4.62. The second kappa shape index (κ2) is 40.4. The largest absolute Gasteiger partial charge is 0.472 e. The van der Waals surface area contributed by atoms with Crippen LogP contribution in [-0.4, -0.2) is 65.7 Å². The molecular formula is C44H81O10P. The number of allylic oxidation sites excluding steroid dienone is 6. The van der Waals surface area contributed by atoms with Crippen LogP contribution >= 0.6 is 7.82 Å². The Morgan fingerprint density at radius 3 is 1.47 bits per heavy atom. The third-order valence-electron chi connectivity index (χ3n) is 9.27. The molecule has 0 bridgehead atoms. The monoisotopic (exact) mass is 801 g/mol. The lowest BCUT2D eigenvalue weighted by atomic mass is 10.1. The van der Waals surface area contributed by atoms with Crippen molar-refractivity contribution in [1.82, 2.24) is 0 Å². The van der Waals surface area contributed by atoms with Crippen molar-refractivity contribution in [3.05, 3.63) is 36.5 Å². The molecule has 3 N–H and O–H groups in total. The van der Waals surface area contributed by atoms with E-state index in [2.05, 4.69) is 54.8 Å². The van der Waals surface area contributed by atoms with E-state index in [1.165, 1.54) is 96.3 Å². The van der Waals surface area contributed by atoms with Gasteiger partial charge in [0.25, 0.3) is 0 Å². The molecule has 10 nitrogen and oxygen atoms in total. The summed E-state index contributed by atoms with van der Waals surface area (Å²) in [6, 6.07) is 0. The van der Waals surface area contributed by atoms with Crippen molar-refractivity contribution in [3.8, 4) is 0 Å². The first kappa shape index (κ1) is 53.2. The van der Waals surface area contributed by atoms with Crippen molar-refractivity contribution < 1.29 is 47.8 Å². The Kier molecular flexibility index (Phi) is 39.1. The van der Waals surface area contributed by atoms with E-state index in [1.54, 1.807) is 0 Å². The van der Waals surface area contributed by atoms with E-state index in [0.717, 1.165) is 57.8 Å². The first-order valence-electron chi connectivity index (χ1n) is 21.9. The highest BCUT2D eigenvalue weighted by Gasteiger charge is 2.27. The van der Waals surface area contributed by atoms with Gasteiger partial charge in [-0.05, 0) is 64.2 Å². The second-order valence-electron chi connectivity index (χ2n) is 14.7. The fraction of sp³-hybridized carbons (Fsp3) is 0.818. The Bertz CT molecular complexity index is 1010. The standard InChI is InChI=1S/C44H81O10P/c1-3-5-7-9-11-13-15-17-19-20-22-24-26-28-30-32-34-36-44(48)54-42(40-53-55(49,50)52-38-41(46)37-45)39-51-43(47)35-33-31-29-27-25-23-21-18-16-14-12-10-8-6-4-2/h10-13,17,19,41-42,45-46H,3-9,14-16,18,20-40H2,1-2H3,(H,49,50)/b12-10+,13-11+,19-17+/t41-,42+/m0/s1. The van der Waals surface area contributed by atoms with Crippen molar-refractivity contribution >= 4 is 19.8 Å². The van der Waals surface area contributed by atoms with Crippen LogP contribution in [0.1, 0.15) is 194 Å². The van der Waals surface area contributed by atoms with E-state index in [9.17, 15) is 24.2 Å². The Balaban J connectivity index is 4.29. The van der Waals surface area contributed by atoms with E-state index in [1.807, 2.05) is 0 Å². The molecule has 3 atom stereocenters. The summed E-state index contributed by atoms with van der Waals surface area (Å²) < 4.78 is 32.7. The van der Waals surface area contributed by atoms with Gasteiger partial charge in [0.2, 0.25) is 0 Å². The highest BCUT2D eigenvalue weighted by atomic mass is 31.2.